The lowest BCUT2D eigenvalue weighted by molar-refractivity contribution is -0.130. The zero-order chi connectivity index (χ0) is 22.4. The molecular weight excluding hydrogens is 394 g/mol. The van der Waals surface area contributed by atoms with E-state index in [1.165, 1.54) is 0 Å². The zero-order valence-corrected chi connectivity index (χ0v) is 18.7. The van der Waals surface area contributed by atoms with Crippen LogP contribution in [0.1, 0.15) is 46.2 Å². The van der Waals surface area contributed by atoms with Gasteiger partial charge in [-0.1, -0.05) is 12.1 Å². The summed E-state index contributed by atoms with van der Waals surface area (Å²) in [6.07, 6.45) is 3.59. The van der Waals surface area contributed by atoms with Gasteiger partial charge in [-0.25, -0.2) is 9.97 Å². The van der Waals surface area contributed by atoms with Crippen LogP contribution in [0.15, 0.2) is 30.5 Å². The van der Waals surface area contributed by atoms with Crippen LogP contribution in [-0.4, -0.2) is 72.4 Å². The minimum Gasteiger partial charge on any atom is -0.497 e. The number of carbonyl (C=O) groups is 2. The summed E-state index contributed by atoms with van der Waals surface area (Å²) in [6.45, 7) is 4.30. The van der Waals surface area contributed by atoms with E-state index in [1.807, 2.05) is 31.2 Å². The second-order valence-electron chi connectivity index (χ2n) is 8.12. The Hall–Kier alpha value is -3.00. The number of piperidine rings is 1. The summed E-state index contributed by atoms with van der Waals surface area (Å²) in [7, 11) is 5.16. The van der Waals surface area contributed by atoms with E-state index in [-0.39, 0.29) is 17.7 Å². The van der Waals surface area contributed by atoms with Crippen molar-refractivity contribution in [3.8, 4) is 5.75 Å². The molecule has 2 aromatic rings. The smallest absolute Gasteiger partial charge is 0.254 e. The van der Waals surface area contributed by atoms with E-state index in [4.69, 9.17) is 4.74 Å². The number of amides is 2. The Morgan fingerprint density at radius 2 is 2.13 bits per heavy atom. The molecule has 1 aliphatic rings. The van der Waals surface area contributed by atoms with Crippen molar-refractivity contribution in [2.75, 3.05) is 40.8 Å². The van der Waals surface area contributed by atoms with Crippen molar-refractivity contribution in [2.45, 2.75) is 32.2 Å². The van der Waals surface area contributed by atoms with Crippen LogP contribution >= 0.6 is 0 Å². The maximum atomic E-state index is 12.6. The van der Waals surface area contributed by atoms with E-state index in [2.05, 4.69) is 20.2 Å². The molecule has 8 heteroatoms. The Morgan fingerprint density at radius 3 is 2.84 bits per heavy atom. The van der Waals surface area contributed by atoms with E-state index >= 15 is 0 Å². The SMILES string of the molecule is COc1cccc(CNC(=O)c2cnc([C@@H]3CCCN(CC(=O)N(C)C)C3)nc2C)c1. The summed E-state index contributed by atoms with van der Waals surface area (Å²) >= 11 is 0. The normalized spacial score (nSPS) is 16.6. The number of nitrogens with one attached hydrogen (secondary N) is 1. The fourth-order valence-electron chi connectivity index (χ4n) is 3.71. The highest BCUT2D eigenvalue weighted by molar-refractivity contribution is 5.94. The molecule has 0 spiro atoms. The molecule has 0 radical (unpaired) electrons. The third-order valence-electron chi connectivity index (χ3n) is 5.56. The van der Waals surface area contributed by atoms with Crippen LogP contribution in [0.4, 0.5) is 0 Å². The molecule has 1 N–H and O–H groups in total. The minimum atomic E-state index is -0.200. The molecule has 1 saturated heterocycles. The highest BCUT2D eigenvalue weighted by Gasteiger charge is 2.26. The molecule has 166 valence electrons. The summed E-state index contributed by atoms with van der Waals surface area (Å²) in [5.74, 6) is 1.55. The average molecular weight is 426 g/mol. The summed E-state index contributed by atoms with van der Waals surface area (Å²) < 4.78 is 5.22. The molecule has 1 aromatic carbocycles. The fourth-order valence-corrected chi connectivity index (χ4v) is 3.71. The summed E-state index contributed by atoms with van der Waals surface area (Å²) in [4.78, 5) is 37.6. The Bertz CT molecular complexity index is 931. The molecule has 0 saturated carbocycles. The topological polar surface area (TPSA) is 87.7 Å². The molecule has 1 fully saturated rings. The van der Waals surface area contributed by atoms with Crippen LogP contribution in [-0.2, 0) is 11.3 Å². The molecule has 3 rings (SSSR count). The van der Waals surface area contributed by atoms with Gasteiger partial charge in [-0.3, -0.25) is 14.5 Å². The number of aryl methyl sites for hydroxylation is 1. The molecule has 2 amide bonds. The number of methoxy groups -OCH3 is 1. The van der Waals surface area contributed by atoms with E-state index in [0.29, 0.717) is 24.3 Å². The average Bonchev–Trinajstić information content (AvgIpc) is 2.77. The van der Waals surface area contributed by atoms with Gasteiger partial charge < -0.3 is 15.0 Å². The maximum absolute atomic E-state index is 12.6. The van der Waals surface area contributed by atoms with E-state index in [1.54, 1.807) is 32.3 Å². The number of ether oxygens (including phenoxy) is 1. The molecule has 0 unspecified atom stereocenters. The lowest BCUT2D eigenvalue weighted by Crippen LogP contribution is -2.42. The predicted molar refractivity (Wildman–Crippen MR) is 118 cm³/mol. The van der Waals surface area contributed by atoms with Gasteiger partial charge in [-0.05, 0) is 44.0 Å². The van der Waals surface area contributed by atoms with Crippen LogP contribution in [0.2, 0.25) is 0 Å². The first kappa shape index (κ1) is 22.7. The first-order chi connectivity index (χ1) is 14.9. The van der Waals surface area contributed by atoms with Crippen LogP contribution in [0, 0.1) is 6.92 Å². The highest BCUT2D eigenvalue weighted by Crippen LogP contribution is 2.25. The van der Waals surface area contributed by atoms with Gasteiger partial charge in [0.2, 0.25) is 5.91 Å². The number of likely N-dealkylation sites (tertiary alicyclic amines) is 1. The van der Waals surface area contributed by atoms with Crippen molar-refractivity contribution in [3.05, 3.63) is 53.1 Å². The van der Waals surface area contributed by atoms with Crippen LogP contribution in [0.5, 0.6) is 5.75 Å². The number of hydrogen-bond donors (Lipinski definition) is 1. The second-order valence-corrected chi connectivity index (χ2v) is 8.12. The molecule has 0 bridgehead atoms. The third-order valence-corrected chi connectivity index (χ3v) is 5.56. The van der Waals surface area contributed by atoms with Crippen molar-refractivity contribution < 1.29 is 14.3 Å². The van der Waals surface area contributed by atoms with Crippen molar-refractivity contribution in [1.29, 1.82) is 0 Å². The van der Waals surface area contributed by atoms with Crippen molar-refractivity contribution >= 4 is 11.8 Å². The van der Waals surface area contributed by atoms with Gasteiger partial charge in [0.25, 0.3) is 5.91 Å². The van der Waals surface area contributed by atoms with Crippen LogP contribution in [0.25, 0.3) is 0 Å². The molecule has 1 aromatic heterocycles. The Morgan fingerprint density at radius 1 is 1.32 bits per heavy atom. The molecule has 1 atom stereocenters. The molecule has 31 heavy (non-hydrogen) atoms. The summed E-state index contributed by atoms with van der Waals surface area (Å²) in [5.41, 5.74) is 2.09. The van der Waals surface area contributed by atoms with E-state index < -0.39 is 0 Å². The van der Waals surface area contributed by atoms with Crippen LogP contribution < -0.4 is 10.1 Å². The number of rotatable bonds is 7. The number of aromatic nitrogens is 2. The molecular formula is C23H31N5O3. The Balaban J connectivity index is 1.62. The fraction of sp³-hybridized carbons (Fsp3) is 0.478. The van der Waals surface area contributed by atoms with Crippen LogP contribution in [0.3, 0.4) is 0 Å². The van der Waals surface area contributed by atoms with Gasteiger partial charge in [0.1, 0.15) is 11.6 Å². The summed E-state index contributed by atoms with van der Waals surface area (Å²) in [6, 6.07) is 7.58. The maximum Gasteiger partial charge on any atom is 0.254 e. The number of carbonyl (C=O) groups excluding carboxylic acids is 2. The molecule has 1 aliphatic heterocycles. The van der Waals surface area contributed by atoms with E-state index in [9.17, 15) is 9.59 Å². The number of nitrogens with zero attached hydrogens (tertiary/aromatic N) is 4. The monoisotopic (exact) mass is 425 g/mol. The van der Waals surface area contributed by atoms with Gasteiger partial charge in [-0.15, -0.1) is 0 Å². The second kappa shape index (κ2) is 10.3. The van der Waals surface area contributed by atoms with Gasteiger partial charge in [0.05, 0.1) is 24.9 Å². The lowest BCUT2D eigenvalue weighted by atomic mass is 9.97. The third kappa shape index (κ3) is 6.01. The highest BCUT2D eigenvalue weighted by atomic mass is 16.5. The van der Waals surface area contributed by atoms with Gasteiger partial charge in [-0.2, -0.15) is 0 Å². The van der Waals surface area contributed by atoms with Crippen molar-refractivity contribution in [3.63, 3.8) is 0 Å². The molecule has 2 heterocycles. The molecule has 0 aliphatic carbocycles. The van der Waals surface area contributed by atoms with Gasteiger partial charge >= 0.3 is 0 Å². The lowest BCUT2D eigenvalue weighted by Gasteiger charge is -2.32. The van der Waals surface area contributed by atoms with E-state index in [0.717, 1.165) is 43.1 Å². The number of benzene rings is 1. The van der Waals surface area contributed by atoms with Crippen molar-refractivity contribution in [1.82, 2.24) is 25.1 Å². The first-order valence-electron chi connectivity index (χ1n) is 10.5. The number of hydrogen-bond acceptors (Lipinski definition) is 6. The predicted octanol–water partition coefficient (Wildman–Crippen LogP) is 1.99. The first-order valence-corrected chi connectivity index (χ1v) is 10.5. The number of likely N-dealkylation sites (N-methyl/N-ethyl adjacent to an activating group) is 1. The molecule has 8 nitrogen and oxygen atoms in total. The van der Waals surface area contributed by atoms with Crippen molar-refractivity contribution in [2.24, 2.45) is 0 Å². The Kier molecular flexibility index (Phi) is 7.57. The largest absolute Gasteiger partial charge is 0.497 e. The van der Waals surface area contributed by atoms with Gasteiger partial charge in [0.15, 0.2) is 0 Å². The Labute approximate surface area is 183 Å². The standard InChI is InChI=1S/C23H31N5O3/c1-16-20(23(30)25-12-17-7-5-9-19(11-17)31-4)13-24-22(26-16)18-8-6-10-28(14-18)15-21(29)27(2)3/h5,7,9,11,13,18H,6,8,10,12,14-15H2,1-4H3,(H,25,30)/t18-/m1/s1. The minimum absolute atomic E-state index is 0.0980. The zero-order valence-electron chi connectivity index (χ0n) is 18.7. The quantitative estimate of drug-likeness (QED) is 0.730. The summed E-state index contributed by atoms with van der Waals surface area (Å²) in [5, 5.41) is 2.92. The van der Waals surface area contributed by atoms with Gasteiger partial charge in [0, 0.05) is 39.3 Å².